The van der Waals surface area contributed by atoms with E-state index in [0.717, 1.165) is 11.2 Å². The molecule has 6 rings (SSSR count). The zero-order valence-corrected chi connectivity index (χ0v) is 20.5. The first-order chi connectivity index (χ1) is 16.3. The summed E-state index contributed by atoms with van der Waals surface area (Å²) in [6, 6.07) is 31.3. The second-order valence-electron chi connectivity index (χ2n) is 10.3. The molecule has 0 amide bonds. The van der Waals surface area contributed by atoms with Gasteiger partial charge < -0.3 is 0 Å². The van der Waals surface area contributed by atoms with E-state index in [1.165, 1.54) is 61.0 Å². The molecule has 1 aliphatic carbocycles. The van der Waals surface area contributed by atoms with Crippen molar-refractivity contribution in [3.8, 4) is 33.5 Å². The summed E-state index contributed by atoms with van der Waals surface area (Å²) in [5, 5.41) is 1.21. The van der Waals surface area contributed by atoms with E-state index in [9.17, 15) is 0 Å². The Labute approximate surface area is 202 Å². The van der Waals surface area contributed by atoms with Gasteiger partial charge in [-0.2, -0.15) is 0 Å². The molecule has 0 saturated carbocycles. The highest BCUT2D eigenvalue weighted by atomic mass is 14.7. The van der Waals surface area contributed by atoms with Crippen LogP contribution in [0.4, 0.5) is 0 Å². The molecule has 0 fully saturated rings. The van der Waals surface area contributed by atoms with Crippen LogP contribution in [0.2, 0.25) is 0 Å². The minimum Gasteiger partial charge on any atom is -0.248 e. The second-order valence-corrected chi connectivity index (χ2v) is 10.3. The normalized spacial score (nSPS) is 13.7. The fourth-order valence-electron chi connectivity index (χ4n) is 5.71. The Hall–Kier alpha value is -3.71. The minimum absolute atomic E-state index is 0.0406. The number of rotatable bonds is 2. The van der Waals surface area contributed by atoms with Crippen molar-refractivity contribution in [3.05, 3.63) is 113 Å². The number of benzene rings is 4. The molecule has 4 aromatic carbocycles. The van der Waals surface area contributed by atoms with Gasteiger partial charge in [0.2, 0.25) is 0 Å². The van der Waals surface area contributed by atoms with E-state index in [-0.39, 0.29) is 5.41 Å². The standard InChI is InChI=1S/C33H29N/c1-20-9-8-10-23(16-20)26-18-31(24-14-13-21(2)15-22(24)3)34-32-19-30-27(17-28(26)32)25-11-6-7-12-29(25)33(30,4)5/h6-19H,1-5H3. The summed E-state index contributed by atoms with van der Waals surface area (Å²) < 4.78 is 0. The van der Waals surface area contributed by atoms with Gasteiger partial charge in [0.05, 0.1) is 11.2 Å². The molecule has 0 spiro atoms. The van der Waals surface area contributed by atoms with E-state index in [1.54, 1.807) is 0 Å². The average Bonchev–Trinajstić information content (AvgIpc) is 3.04. The molecular weight excluding hydrogens is 410 g/mol. The maximum Gasteiger partial charge on any atom is 0.0719 e. The lowest BCUT2D eigenvalue weighted by atomic mass is 9.82. The second kappa shape index (κ2) is 7.40. The van der Waals surface area contributed by atoms with E-state index >= 15 is 0 Å². The summed E-state index contributed by atoms with van der Waals surface area (Å²) in [6.45, 7) is 11.2. The Kier molecular flexibility index (Phi) is 4.54. The number of nitrogens with zero attached hydrogens (tertiary/aromatic N) is 1. The third-order valence-corrected chi connectivity index (χ3v) is 7.50. The van der Waals surface area contributed by atoms with Gasteiger partial charge in [-0.05, 0) is 77.9 Å². The predicted octanol–water partition coefficient (Wildman–Crippen LogP) is 8.80. The Bertz CT molecular complexity index is 1600. The summed E-state index contributed by atoms with van der Waals surface area (Å²) in [6.07, 6.45) is 0. The van der Waals surface area contributed by atoms with Gasteiger partial charge in [0.1, 0.15) is 0 Å². The molecule has 1 aromatic heterocycles. The highest BCUT2D eigenvalue weighted by Crippen LogP contribution is 2.50. The molecule has 1 aliphatic rings. The molecule has 0 bridgehead atoms. The van der Waals surface area contributed by atoms with Crippen molar-refractivity contribution in [3.63, 3.8) is 0 Å². The number of fused-ring (bicyclic) bond motifs is 4. The van der Waals surface area contributed by atoms with Crippen LogP contribution in [-0.2, 0) is 5.41 Å². The number of aryl methyl sites for hydroxylation is 3. The Morgan fingerprint density at radius 2 is 1.38 bits per heavy atom. The third kappa shape index (κ3) is 3.11. The summed E-state index contributed by atoms with van der Waals surface area (Å²) >= 11 is 0. The number of pyridine rings is 1. The first-order valence-corrected chi connectivity index (χ1v) is 12.1. The Balaban J connectivity index is 1.70. The number of hydrogen-bond acceptors (Lipinski definition) is 1. The molecule has 1 heteroatoms. The van der Waals surface area contributed by atoms with E-state index < -0.39 is 0 Å². The zero-order chi connectivity index (χ0) is 23.6. The van der Waals surface area contributed by atoms with Gasteiger partial charge in [0, 0.05) is 16.4 Å². The van der Waals surface area contributed by atoms with E-state index in [4.69, 9.17) is 4.98 Å². The van der Waals surface area contributed by atoms with Crippen molar-refractivity contribution in [1.29, 1.82) is 0 Å². The van der Waals surface area contributed by atoms with Gasteiger partial charge in [-0.3, -0.25) is 0 Å². The summed E-state index contributed by atoms with van der Waals surface area (Å²) in [5.41, 5.74) is 15.0. The van der Waals surface area contributed by atoms with Gasteiger partial charge in [-0.25, -0.2) is 4.98 Å². The molecule has 0 unspecified atom stereocenters. The highest BCUT2D eigenvalue weighted by Gasteiger charge is 2.35. The molecule has 0 radical (unpaired) electrons. The van der Waals surface area contributed by atoms with E-state index in [1.807, 2.05) is 0 Å². The quantitative estimate of drug-likeness (QED) is 0.268. The van der Waals surface area contributed by atoms with Gasteiger partial charge in [-0.1, -0.05) is 91.7 Å². The van der Waals surface area contributed by atoms with E-state index in [2.05, 4.69) is 120 Å². The van der Waals surface area contributed by atoms with Crippen LogP contribution >= 0.6 is 0 Å². The molecule has 166 valence electrons. The lowest BCUT2D eigenvalue weighted by Crippen LogP contribution is -2.14. The van der Waals surface area contributed by atoms with Crippen molar-refractivity contribution in [2.24, 2.45) is 0 Å². The predicted molar refractivity (Wildman–Crippen MR) is 144 cm³/mol. The SMILES string of the molecule is Cc1cccc(-c2cc(-c3ccc(C)cc3C)nc3cc4c(cc23)-c2ccccc2C4(C)C)c1. The fraction of sp³-hybridized carbons (Fsp3) is 0.182. The molecule has 34 heavy (non-hydrogen) atoms. The smallest absolute Gasteiger partial charge is 0.0719 e. The monoisotopic (exact) mass is 439 g/mol. The maximum atomic E-state index is 5.25. The van der Waals surface area contributed by atoms with Gasteiger partial charge in [0.15, 0.2) is 0 Å². The topological polar surface area (TPSA) is 12.9 Å². The summed E-state index contributed by atoms with van der Waals surface area (Å²) in [7, 11) is 0. The number of aromatic nitrogens is 1. The van der Waals surface area contributed by atoms with Crippen molar-refractivity contribution in [2.75, 3.05) is 0 Å². The summed E-state index contributed by atoms with van der Waals surface area (Å²) in [4.78, 5) is 5.25. The van der Waals surface area contributed by atoms with Gasteiger partial charge in [0.25, 0.3) is 0 Å². The third-order valence-electron chi connectivity index (χ3n) is 7.50. The first kappa shape index (κ1) is 20.9. The lowest BCUT2D eigenvalue weighted by molar-refractivity contribution is 0.661. The number of hydrogen-bond donors (Lipinski definition) is 0. The Morgan fingerprint density at radius 1 is 0.588 bits per heavy atom. The molecule has 1 heterocycles. The lowest BCUT2D eigenvalue weighted by Gasteiger charge is -2.22. The van der Waals surface area contributed by atoms with Crippen LogP contribution in [0.1, 0.15) is 41.7 Å². The minimum atomic E-state index is -0.0406. The molecule has 0 aliphatic heterocycles. The van der Waals surface area contributed by atoms with Crippen molar-refractivity contribution < 1.29 is 0 Å². The molecule has 0 atom stereocenters. The van der Waals surface area contributed by atoms with Crippen molar-refractivity contribution in [1.82, 2.24) is 4.98 Å². The van der Waals surface area contributed by atoms with E-state index in [0.29, 0.717) is 0 Å². The van der Waals surface area contributed by atoms with Crippen LogP contribution in [0.3, 0.4) is 0 Å². The van der Waals surface area contributed by atoms with Crippen LogP contribution < -0.4 is 0 Å². The maximum absolute atomic E-state index is 5.25. The van der Waals surface area contributed by atoms with Gasteiger partial charge >= 0.3 is 0 Å². The zero-order valence-electron chi connectivity index (χ0n) is 20.5. The van der Waals surface area contributed by atoms with Crippen LogP contribution in [0, 0.1) is 20.8 Å². The molecular formula is C33H29N. The molecule has 0 N–H and O–H groups in total. The van der Waals surface area contributed by atoms with Crippen LogP contribution in [-0.4, -0.2) is 4.98 Å². The van der Waals surface area contributed by atoms with Crippen LogP contribution in [0.25, 0.3) is 44.4 Å². The average molecular weight is 440 g/mol. The molecule has 0 saturated heterocycles. The van der Waals surface area contributed by atoms with Crippen LogP contribution in [0.5, 0.6) is 0 Å². The fourth-order valence-corrected chi connectivity index (χ4v) is 5.71. The highest BCUT2D eigenvalue weighted by molar-refractivity contribution is 6.01. The molecule has 5 aromatic rings. The Morgan fingerprint density at radius 3 is 2.18 bits per heavy atom. The van der Waals surface area contributed by atoms with Gasteiger partial charge in [-0.15, -0.1) is 0 Å². The summed E-state index contributed by atoms with van der Waals surface area (Å²) in [5.74, 6) is 0. The van der Waals surface area contributed by atoms with Crippen molar-refractivity contribution in [2.45, 2.75) is 40.0 Å². The van der Waals surface area contributed by atoms with Crippen LogP contribution in [0.15, 0.2) is 84.9 Å². The molecule has 1 nitrogen and oxygen atoms in total. The largest absolute Gasteiger partial charge is 0.248 e. The van der Waals surface area contributed by atoms with Crippen molar-refractivity contribution >= 4 is 10.9 Å². The first-order valence-electron chi connectivity index (χ1n) is 12.1.